The lowest BCUT2D eigenvalue weighted by molar-refractivity contribution is 0.171. The van der Waals surface area contributed by atoms with Gasteiger partial charge in [0, 0.05) is 12.0 Å². The van der Waals surface area contributed by atoms with E-state index in [1.165, 1.54) is 0 Å². The molecule has 0 fully saturated rings. The van der Waals surface area contributed by atoms with Gasteiger partial charge in [0.2, 0.25) is 10.0 Å². The van der Waals surface area contributed by atoms with Gasteiger partial charge in [-0.3, -0.25) is 0 Å². The molecule has 1 heterocycles. The van der Waals surface area contributed by atoms with Crippen LogP contribution >= 0.6 is 0 Å². The zero-order valence-electron chi connectivity index (χ0n) is 16.3. The van der Waals surface area contributed by atoms with Crippen molar-refractivity contribution in [1.29, 1.82) is 0 Å². The summed E-state index contributed by atoms with van der Waals surface area (Å²) < 4.78 is 39.3. The molecule has 0 amide bonds. The number of benzene rings is 2. The van der Waals surface area contributed by atoms with Gasteiger partial charge in [0.05, 0.1) is 4.90 Å². The Morgan fingerprint density at radius 3 is 2.26 bits per heavy atom. The number of fused-ring (bicyclic) bond motifs is 1. The first-order valence-corrected chi connectivity index (χ1v) is 10.7. The van der Waals surface area contributed by atoms with Gasteiger partial charge in [-0.1, -0.05) is 45.9 Å². The summed E-state index contributed by atoms with van der Waals surface area (Å²) in [5.74, 6) is 1.80. The number of sulfonamides is 1. The van der Waals surface area contributed by atoms with Gasteiger partial charge >= 0.3 is 0 Å². The van der Waals surface area contributed by atoms with Crippen LogP contribution in [0.3, 0.4) is 0 Å². The number of hydrogen-bond donors (Lipinski definition) is 1. The molecule has 0 bridgehead atoms. The number of rotatable bonds is 6. The third-order valence-electron chi connectivity index (χ3n) is 4.88. The van der Waals surface area contributed by atoms with E-state index in [9.17, 15) is 8.42 Å². The summed E-state index contributed by atoms with van der Waals surface area (Å²) in [5.41, 5.74) is 1.70. The molecule has 1 aliphatic heterocycles. The van der Waals surface area contributed by atoms with Crippen LogP contribution in [0, 0.1) is 0 Å². The van der Waals surface area contributed by atoms with Crippen molar-refractivity contribution in [3.63, 3.8) is 0 Å². The molecule has 0 radical (unpaired) electrons. The highest BCUT2D eigenvalue weighted by molar-refractivity contribution is 7.89. The van der Waals surface area contributed by atoms with E-state index in [1.807, 2.05) is 44.2 Å². The third kappa shape index (κ3) is 4.45. The average molecular weight is 390 g/mol. The number of nitrogens with one attached hydrogen (secondary N) is 1. The van der Waals surface area contributed by atoms with E-state index in [0.29, 0.717) is 24.9 Å². The van der Waals surface area contributed by atoms with Crippen molar-refractivity contribution in [1.82, 2.24) is 4.72 Å². The van der Waals surface area contributed by atoms with Crippen molar-refractivity contribution in [3.8, 4) is 11.5 Å². The van der Waals surface area contributed by atoms with E-state index in [-0.39, 0.29) is 11.4 Å². The summed E-state index contributed by atoms with van der Waals surface area (Å²) in [6, 6.07) is 12.8. The molecular weight excluding hydrogens is 362 g/mol. The Kier molecular flexibility index (Phi) is 5.49. The second kappa shape index (κ2) is 7.52. The predicted molar refractivity (Wildman–Crippen MR) is 106 cm³/mol. The van der Waals surface area contributed by atoms with Gasteiger partial charge in [0.1, 0.15) is 13.2 Å². The largest absolute Gasteiger partial charge is 0.486 e. The van der Waals surface area contributed by atoms with Gasteiger partial charge in [-0.05, 0) is 41.3 Å². The molecule has 0 unspecified atom stereocenters. The molecule has 6 heteroatoms. The van der Waals surface area contributed by atoms with Gasteiger partial charge in [0.15, 0.2) is 11.5 Å². The van der Waals surface area contributed by atoms with Crippen molar-refractivity contribution in [2.75, 3.05) is 19.8 Å². The van der Waals surface area contributed by atoms with E-state index in [4.69, 9.17) is 9.47 Å². The molecule has 146 valence electrons. The topological polar surface area (TPSA) is 64.6 Å². The Bertz CT molecular complexity index is 902. The Labute approximate surface area is 161 Å². The third-order valence-corrected chi connectivity index (χ3v) is 6.30. The van der Waals surface area contributed by atoms with E-state index >= 15 is 0 Å². The quantitative estimate of drug-likeness (QED) is 0.815. The maximum absolute atomic E-state index is 12.7. The Morgan fingerprint density at radius 2 is 1.63 bits per heavy atom. The molecule has 1 N–H and O–H groups in total. The second-order valence-electron chi connectivity index (χ2n) is 7.79. The molecule has 27 heavy (non-hydrogen) atoms. The van der Waals surface area contributed by atoms with Gasteiger partial charge in [0.25, 0.3) is 0 Å². The first-order chi connectivity index (χ1) is 12.7. The van der Waals surface area contributed by atoms with Crippen molar-refractivity contribution in [3.05, 3.63) is 53.6 Å². The highest BCUT2D eigenvalue weighted by Crippen LogP contribution is 2.35. The molecule has 1 aliphatic rings. The van der Waals surface area contributed by atoms with E-state index in [2.05, 4.69) is 18.6 Å². The first-order valence-electron chi connectivity index (χ1n) is 9.19. The molecule has 0 aromatic heterocycles. The van der Waals surface area contributed by atoms with Gasteiger partial charge < -0.3 is 9.47 Å². The van der Waals surface area contributed by atoms with Crippen LogP contribution in [-0.4, -0.2) is 28.2 Å². The molecule has 2 aromatic rings. The molecule has 2 aromatic carbocycles. The summed E-state index contributed by atoms with van der Waals surface area (Å²) >= 11 is 0. The minimum absolute atomic E-state index is 0.279. The Hall–Kier alpha value is -2.05. The molecule has 0 atom stereocenters. The SMILES string of the molecule is CC(C)c1ccc(S(=O)(=O)NCC(C)(C)c2ccc3c(c2)OCCO3)cc1. The van der Waals surface area contributed by atoms with Crippen molar-refractivity contribution in [2.24, 2.45) is 0 Å². The molecule has 3 rings (SSSR count). The smallest absolute Gasteiger partial charge is 0.240 e. The minimum Gasteiger partial charge on any atom is -0.486 e. The molecular formula is C21H27NO4S. The van der Waals surface area contributed by atoms with E-state index in [0.717, 1.165) is 16.9 Å². The lowest BCUT2D eigenvalue weighted by Crippen LogP contribution is -2.36. The molecule has 0 aliphatic carbocycles. The van der Waals surface area contributed by atoms with Crippen LogP contribution in [0.25, 0.3) is 0 Å². The number of ether oxygens (including phenoxy) is 2. The molecule has 0 spiro atoms. The van der Waals surface area contributed by atoms with E-state index in [1.54, 1.807) is 12.1 Å². The van der Waals surface area contributed by atoms with Crippen molar-refractivity contribution in [2.45, 2.75) is 43.9 Å². The maximum Gasteiger partial charge on any atom is 0.240 e. The second-order valence-corrected chi connectivity index (χ2v) is 9.56. The number of hydrogen-bond acceptors (Lipinski definition) is 4. The zero-order chi connectivity index (χ0) is 19.7. The van der Waals surface area contributed by atoms with Gasteiger partial charge in [-0.25, -0.2) is 13.1 Å². The summed E-state index contributed by atoms with van der Waals surface area (Å²) in [5, 5.41) is 0. The van der Waals surface area contributed by atoms with E-state index < -0.39 is 15.4 Å². The molecule has 0 saturated carbocycles. The summed E-state index contributed by atoms with van der Waals surface area (Å²) in [6.45, 7) is 9.52. The normalized spacial score (nSPS) is 14.4. The van der Waals surface area contributed by atoms with Gasteiger partial charge in [-0.2, -0.15) is 0 Å². The van der Waals surface area contributed by atoms with Crippen LogP contribution in [0.4, 0.5) is 0 Å². The zero-order valence-corrected chi connectivity index (χ0v) is 17.1. The summed E-state index contributed by atoms with van der Waals surface area (Å²) in [4.78, 5) is 0.282. The Balaban J connectivity index is 1.74. The van der Waals surface area contributed by atoms with Crippen molar-refractivity contribution < 1.29 is 17.9 Å². The highest BCUT2D eigenvalue weighted by Gasteiger charge is 2.26. The predicted octanol–water partition coefficient (Wildman–Crippen LogP) is 3.84. The fourth-order valence-electron chi connectivity index (χ4n) is 2.96. The summed E-state index contributed by atoms with van der Waals surface area (Å²) in [6.07, 6.45) is 0. The van der Waals surface area contributed by atoms with Crippen LogP contribution in [0.15, 0.2) is 47.4 Å². The minimum atomic E-state index is -3.57. The average Bonchev–Trinajstić information content (AvgIpc) is 2.66. The molecule has 5 nitrogen and oxygen atoms in total. The van der Waals surface area contributed by atoms with Crippen LogP contribution in [0.5, 0.6) is 11.5 Å². The van der Waals surface area contributed by atoms with Crippen LogP contribution < -0.4 is 14.2 Å². The fourth-order valence-corrected chi connectivity index (χ4v) is 4.17. The monoisotopic (exact) mass is 389 g/mol. The van der Waals surface area contributed by atoms with Gasteiger partial charge in [-0.15, -0.1) is 0 Å². The lowest BCUT2D eigenvalue weighted by Gasteiger charge is -2.27. The maximum atomic E-state index is 12.7. The lowest BCUT2D eigenvalue weighted by atomic mass is 9.84. The van der Waals surface area contributed by atoms with Crippen LogP contribution in [0.1, 0.15) is 44.7 Å². The Morgan fingerprint density at radius 1 is 1.00 bits per heavy atom. The fraction of sp³-hybridized carbons (Fsp3) is 0.429. The first kappa shape index (κ1) is 19.7. The van der Waals surface area contributed by atoms with Crippen LogP contribution in [0.2, 0.25) is 0 Å². The highest BCUT2D eigenvalue weighted by atomic mass is 32.2. The van der Waals surface area contributed by atoms with Crippen molar-refractivity contribution >= 4 is 10.0 Å². The summed E-state index contributed by atoms with van der Waals surface area (Å²) in [7, 11) is -3.57. The molecule has 0 saturated heterocycles. The standard InChI is InChI=1S/C21H27NO4S/c1-15(2)16-5-8-18(9-6-16)27(23,24)22-14-21(3,4)17-7-10-19-20(13-17)26-12-11-25-19/h5-10,13,15,22H,11-12,14H2,1-4H3. The van der Waals surface area contributed by atoms with Crippen LogP contribution in [-0.2, 0) is 15.4 Å².